The number of aliphatic hydroxyl groups excluding tert-OH is 1. The van der Waals surface area contributed by atoms with Crippen LogP contribution >= 0.6 is 0 Å². The average molecular weight is 611 g/mol. The van der Waals surface area contributed by atoms with Crippen molar-refractivity contribution in [1.82, 2.24) is 0 Å². The van der Waals surface area contributed by atoms with Crippen molar-refractivity contribution in [3.63, 3.8) is 0 Å². The highest BCUT2D eigenvalue weighted by molar-refractivity contribution is 6.27. The Morgan fingerprint density at radius 3 is 1.13 bits per heavy atom. The Balaban J connectivity index is 0.000000171. The van der Waals surface area contributed by atoms with Crippen molar-refractivity contribution in [3.8, 4) is 33.8 Å². The van der Waals surface area contributed by atoms with Gasteiger partial charge in [0.05, 0.1) is 6.26 Å². The van der Waals surface area contributed by atoms with Gasteiger partial charge in [0.2, 0.25) is 0 Å². The molecule has 6 aromatic carbocycles. The van der Waals surface area contributed by atoms with Crippen LogP contribution in [0.25, 0.3) is 43.8 Å². The predicted octanol–water partition coefficient (Wildman–Crippen LogP) is 10.6. The fourth-order valence-electron chi connectivity index (χ4n) is 5.75. The van der Waals surface area contributed by atoms with Gasteiger partial charge in [0.15, 0.2) is 11.6 Å². The molecular formula is C41H38O5. The minimum Gasteiger partial charge on any atom is -0.516 e. The number of carbonyl (C=O) groups is 2. The van der Waals surface area contributed by atoms with Crippen molar-refractivity contribution >= 4 is 33.1 Å². The Hall–Kier alpha value is -5.68. The second kappa shape index (κ2) is 14.9. The standard InChI is InChI=1S/2C17H10O2.C3H6O.2C2H6/c2*18-11-8-10-4-3-7-14-16(10)15(9-11)12-5-1-2-6-13(12)17(14)19;1-2-3-4;2*1-2/h2*1-9,18H;2-4H,1H3;2*1-2H3. The third-order valence-corrected chi connectivity index (χ3v) is 7.49. The number of hydrogen-bond acceptors (Lipinski definition) is 5. The highest BCUT2D eigenvalue weighted by Crippen LogP contribution is 2.42. The molecule has 3 N–H and O–H groups in total. The first-order valence-electron chi connectivity index (χ1n) is 15.5. The highest BCUT2D eigenvalue weighted by atomic mass is 16.3. The molecule has 0 fully saturated rings. The number of hydrogen-bond donors (Lipinski definition) is 3. The number of phenolic OH excluding ortho intramolecular Hbond substituents is 2. The Morgan fingerprint density at radius 1 is 0.457 bits per heavy atom. The molecule has 0 heterocycles. The smallest absolute Gasteiger partial charge is 0.194 e. The molecule has 0 saturated heterocycles. The van der Waals surface area contributed by atoms with Crippen molar-refractivity contribution in [3.05, 3.63) is 144 Å². The van der Waals surface area contributed by atoms with E-state index in [9.17, 15) is 19.8 Å². The van der Waals surface area contributed by atoms with Crippen LogP contribution in [0.15, 0.2) is 122 Å². The van der Waals surface area contributed by atoms with E-state index in [0.717, 1.165) is 50.1 Å². The monoisotopic (exact) mass is 610 g/mol. The number of fused-ring (bicyclic) bond motifs is 4. The van der Waals surface area contributed by atoms with E-state index in [0.29, 0.717) is 22.3 Å². The van der Waals surface area contributed by atoms with Gasteiger partial charge in [0.25, 0.3) is 0 Å². The molecule has 0 aliphatic heterocycles. The normalized spacial score (nSPS) is 11.4. The lowest BCUT2D eigenvalue weighted by atomic mass is 9.83. The van der Waals surface area contributed by atoms with Crippen LogP contribution in [0.5, 0.6) is 11.5 Å². The van der Waals surface area contributed by atoms with Crippen molar-refractivity contribution in [2.75, 3.05) is 0 Å². The lowest BCUT2D eigenvalue weighted by molar-refractivity contribution is 0.103. The topological polar surface area (TPSA) is 94.8 Å². The molecule has 5 nitrogen and oxygen atoms in total. The summed E-state index contributed by atoms with van der Waals surface area (Å²) in [5, 5.41) is 31.1. The number of allylic oxidation sites excluding steroid dienone is 1. The summed E-state index contributed by atoms with van der Waals surface area (Å²) in [5.41, 5.74) is 6.49. The zero-order chi connectivity index (χ0) is 33.4. The summed E-state index contributed by atoms with van der Waals surface area (Å²) in [5.74, 6) is 0.561. The number of aromatic hydroxyl groups is 2. The van der Waals surface area contributed by atoms with Gasteiger partial charge in [-0.1, -0.05) is 119 Å². The maximum absolute atomic E-state index is 12.5. The Kier molecular flexibility index (Phi) is 10.7. The van der Waals surface area contributed by atoms with Gasteiger partial charge in [-0.05, 0) is 64.2 Å². The molecule has 8 rings (SSSR count). The van der Waals surface area contributed by atoms with Gasteiger partial charge >= 0.3 is 0 Å². The zero-order valence-electron chi connectivity index (χ0n) is 26.7. The first kappa shape index (κ1) is 33.2. The number of benzene rings is 6. The maximum Gasteiger partial charge on any atom is 0.194 e. The highest BCUT2D eigenvalue weighted by Gasteiger charge is 2.26. The Labute approximate surface area is 269 Å². The van der Waals surface area contributed by atoms with Crippen LogP contribution in [0.1, 0.15) is 66.5 Å². The van der Waals surface area contributed by atoms with Gasteiger partial charge in [-0.25, -0.2) is 0 Å². The SMILES string of the molecule is CC.CC.CC=CO.O=C1c2ccccc2-c2cc(O)cc3cccc1c23.O=C1c2ccccc2-c2cc(O)cc3cccc1c23. The van der Waals surface area contributed by atoms with E-state index in [1.165, 1.54) is 0 Å². The number of ketones is 2. The van der Waals surface area contributed by atoms with Gasteiger partial charge in [0, 0.05) is 33.0 Å². The summed E-state index contributed by atoms with van der Waals surface area (Å²) in [6.07, 6.45) is 2.56. The average Bonchev–Trinajstić information content (AvgIpc) is 3.11. The van der Waals surface area contributed by atoms with Crippen molar-refractivity contribution in [1.29, 1.82) is 0 Å². The van der Waals surface area contributed by atoms with Crippen LogP contribution in [-0.2, 0) is 0 Å². The van der Waals surface area contributed by atoms with Gasteiger partial charge in [-0.3, -0.25) is 9.59 Å². The minimum absolute atomic E-state index is 0.0550. The van der Waals surface area contributed by atoms with Crippen LogP contribution in [0.2, 0.25) is 0 Å². The van der Waals surface area contributed by atoms with Crippen LogP contribution < -0.4 is 0 Å². The van der Waals surface area contributed by atoms with Crippen molar-refractivity contribution in [2.24, 2.45) is 0 Å². The maximum atomic E-state index is 12.5. The van der Waals surface area contributed by atoms with E-state index >= 15 is 0 Å². The molecule has 5 heteroatoms. The third kappa shape index (κ3) is 6.13. The van der Waals surface area contributed by atoms with E-state index < -0.39 is 0 Å². The molecule has 0 spiro atoms. The second-order valence-electron chi connectivity index (χ2n) is 10.0. The molecule has 232 valence electrons. The molecule has 6 aromatic rings. The molecule has 46 heavy (non-hydrogen) atoms. The number of carbonyl (C=O) groups excluding carboxylic acids is 2. The van der Waals surface area contributed by atoms with Crippen LogP contribution in [0.4, 0.5) is 0 Å². The molecule has 0 amide bonds. The molecule has 0 unspecified atom stereocenters. The molecule has 0 radical (unpaired) electrons. The summed E-state index contributed by atoms with van der Waals surface area (Å²) in [6, 6.07) is 33.2. The molecule has 0 bridgehead atoms. The van der Waals surface area contributed by atoms with Gasteiger partial charge in [-0.2, -0.15) is 0 Å². The van der Waals surface area contributed by atoms with E-state index in [1.807, 2.05) is 113 Å². The van der Waals surface area contributed by atoms with Gasteiger partial charge < -0.3 is 15.3 Å². The van der Waals surface area contributed by atoms with Crippen molar-refractivity contribution in [2.45, 2.75) is 34.6 Å². The van der Waals surface area contributed by atoms with Gasteiger partial charge in [-0.15, -0.1) is 0 Å². The summed E-state index contributed by atoms with van der Waals surface area (Å²) < 4.78 is 0. The molecule has 0 atom stereocenters. The van der Waals surface area contributed by atoms with Crippen LogP contribution in [0, 0.1) is 0 Å². The summed E-state index contributed by atoms with van der Waals surface area (Å²) >= 11 is 0. The fourth-order valence-corrected chi connectivity index (χ4v) is 5.75. The first-order valence-corrected chi connectivity index (χ1v) is 15.5. The molecule has 2 aliphatic rings. The quantitative estimate of drug-likeness (QED) is 0.149. The first-order chi connectivity index (χ1) is 22.4. The fraction of sp³-hybridized carbons (Fsp3) is 0.122. The Morgan fingerprint density at radius 2 is 0.783 bits per heavy atom. The summed E-state index contributed by atoms with van der Waals surface area (Å²) in [7, 11) is 0. The molecule has 0 saturated carbocycles. The summed E-state index contributed by atoms with van der Waals surface area (Å²) in [4.78, 5) is 25.0. The lowest BCUT2D eigenvalue weighted by Gasteiger charge is -2.19. The predicted molar refractivity (Wildman–Crippen MR) is 189 cm³/mol. The van der Waals surface area contributed by atoms with E-state index in [4.69, 9.17) is 5.11 Å². The van der Waals surface area contributed by atoms with Crippen molar-refractivity contribution < 1.29 is 24.9 Å². The third-order valence-electron chi connectivity index (χ3n) is 7.49. The molecule has 2 aliphatic carbocycles. The number of phenols is 2. The Bertz CT molecular complexity index is 1920. The largest absolute Gasteiger partial charge is 0.516 e. The lowest BCUT2D eigenvalue weighted by Crippen LogP contribution is -2.09. The second-order valence-corrected chi connectivity index (χ2v) is 10.0. The van der Waals surface area contributed by atoms with E-state index in [2.05, 4.69) is 0 Å². The van der Waals surface area contributed by atoms with Crippen LogP contribution in [-0.4, -0.2) is 26.9 Å². The number of rotatable bonds is 0. The molecular weight excluding hydrogens is 572 g/mol. The zero-order valence-corrected chi connectivity index (χ0v) is 26.7. The molecule has 0 aromatic heterocycles. The van der Waals surface area contributed by atoms with E-state index in [1.54, 1.807) is 37.3 Å². The minimum atomic E-state index is 0.0550. The van der Waals surface area contributed by atoms with Crippen LogP contribution in [0.3, 0.4) is 0 Å². The summed E-state index contributed by atoms with van der Waals surface area (Å²) in [6.45, 7) is 9.75. The van der Waals surface area contributed by atoms with Gasteiger partial charge in [0.1, 0.15) is 11.5 Å². The van der Waals surface area contributed by atoms with E-state index in [-0.39, 0.29) is 23.1 Å². The number of aliphatic hydroxyl groups is 1.